The first-order chi connectivity index (χ1) is 32.3. The molecule has 66 heavy (non-hydrogen) atoms. The van der Waals surface area contributed by atoms with Crippen molar-refractivity contribution in [1.29, 1.82) is 0 Å². The molecule has 0 spiro atoms. The van der Waals surface area contributed by atoms with Gasteiger partial charge in [-0.3, -0.25) is 0 Å². The van der Waals surface area contributed by atoms with Crippen LogP contribution >= 0.6 is 29.9 Å². The van der Waals surface area contributed by atoms with Gasteiger partial charge in [-0.15, -0.1) is 0 Å². The van der Waals surface area contributed by atoms with E-state index < -0.39 is 7.26 Å². The number of rotatable bonds is 20. The van der Waals surface area contributed by atoms with Gasteiger partial charge in [-0.05, 0) is 5.92 Å². The molecule has 5 aromatic rings. The van der Waals surface area contributed by atoms with Crippen molar-refractivity contribution in [3.63, 3.8) is 0 Å². The van der Waals surface area contributed by atoms with E-state index in [1.807, 2.05) is 19.1 Å². The van der Waals surface area contributed by atoms with Crippen molar-refractivity contribution in [1.82, 2.24) is 0 Å². The molecule has 7 rings (SSSR count). The number of carbonyl (C=O) groups excluding carboxylic acids is 2. The third kappa shape index (κ3) is 10.3. The SMILES string of the molecule is CC=C1CCCC1=CC(/C=C/c1sc(/C=C/C)c2c1C(=O)c1c(CC(CC)CCCC)sc(CC(CC)CCCC)c1C2=O)=C([C]#[Os])[P+](c1ccccc1)(c1ccccc1)c1ccccc1. The quantitative estimate of drug-likeness (QED) is 0.0564. The molecular formula is C60H67O2OsPS2+. The number of carbonyl (C=O) groups is 2. The van der Waals surface area contributed by atoms with Crippen LogP contribution in [0.25, 0.3) is 12.2 Å². The zero-order chi connectivity index (χ0) is 46.6. The maximum absolute atomic E-state index is 15.6. The summed E-state index contributed by atoms with van der Waals surface area (Å²) < 4.78 is 3.89. The Morgan fingerprint density at radius 2 is 1.12 bits per heavy atom. The summed E-state index contributed by atoms with van der Waals surface area (Å²) in [6, 6.07) is 33.1. The van der Waals surface area contributed by atoms with E-state index in [0.717, 1.165) is 101 Å². The van der Waals surface area contributed by atoms with Crippen molar-refractivity contribution in [2.45, 2.75) is 125 Å². The van der Waals surface area contributed by atoms with E-state index in [2.05, 4.69) is 154 Å². The number of fused-ring (bicyclic) bond motifs is 2. The summed E-state index contributed by atoms with van der Waals surface area (Å²) in [5.74, 6) is 1.04. The van der Waals surface area contributed by atoms with Crippen molar-refractivity contribution in [2.75, 3.05) is 0 Å². The molecule has 0 amide bonds. The van der Waals surface area contributed by atoms with Gasteiger partial charge in [-0.2, -0.15) is 0 Å². The van der Waals surface area contributed by atoms with E-state index in [1.165, 1.54) is 39.9 Å². The number of allylic oxidation sites excluding steroid dienone is 8. The van der Waals surface area contributed by atoms with Crippen LogP contribution in [0, 0.1) is 16.2 Å². The van der Waals surface area contributed by atoms with Crippen LogP contribution in [-0.4, -0.2) is 11.6 Å². The van der Waals surface area contributed by atoms with E-state index in [4.69, 9.17) is 0 Å². The Labute approximate surface area is 414 Å². The van der Waals surface area contributed by atoms with Crippen LogP contribution in [0.4, 0.5) is 0 Å². The van der Waals surface area contributed by atoms with Gasteiger partial charge in [-0.1, -0.05) is 79.1 Å². The summed E-state index contributed by atoms with van der Waals surface area (Å²) in [6.07, 6.45) is 27.2. The van der Waals surface area contributed by atoms with Gasteiger partial charge < -0.3 is 0 Å². The average Bonchev–Trinajstić information content (AvgIpc) is 4.08. The van der Waals surface area contributed by atoms with Gasteiger partial charge in [0.15, 0.2) is 0 Å². The zero-order valence-electron chi connectivity index (χ0n) is 39.9. The fourth-order valence-electron chi connectivity index (χ4n) is 10.2. The van der Waals surface area contributed by atoms with Gasteiger partial charge in [0.05, 0.1) is 0 Å². The van der Waals surface area contributed by atoms with E-state index >= 15 is 9.59 Å². The van der Waals surface area contributed by atoms with Crippen LogP contribution in [0.5, 0.6) is 0 Å². The Kier molecular flexibility index (Phi) is 18.0. The van der Waals surface area contributed by atoms with E-state index in [-0.39, 0.29) is 11.6 Å². The second-order valence-electron chi connectivity index (χ2n) is 17.9. The molecule has 0 radical (unpaired) electrons. The van der Waals surface area contributed by atoms with Crippen LogP contribution in [0.15, 0.2) is 137 Å². The van der Waals surface area contributed by atoms with Crippen molar-refractivity contribution in [2.24, 2.45) is 11.8 Å². The molecule has 2 heterocycles. The molecule has 0 bridgehead atoms. The van der Waals surface area contributed by atoms with Crippen LogP contribution in [-0.2, 0) is 30.8 Å². The number of thiophene rings is 2. The molecule has 1 saturated carbocycles. The van der Waals surface area contributed by atoms with Crippen molar-refractivity contribution in [3.8, 4) is 4.37 Å². The second-order valence-corrected chi connectivity index (χ2v) is 24.2. The molecule has 0 aliphatic heterocycles. The predicted molar refractivity (Wildman–Crippen MR) is 285 cm³/mol. The number of unbranched alkanes of at least 4 members (excludes halogenated alkanes) is 2. The van der Waals surface area contributed by atoms with Gasteiger partial charge in [0.2, 0.25) is 0 Å². The minimum atomic E-state index is -2.54. The molecule has 1 fully saturated rings. The molecule has 6 heteroatoms. The summed E-state index contributed by atoms with van der Waals surface area (Å²) in [5.41, 5.74) is 6.42. The Morgan fingerprint density at radius 3 is 1.55 bits per heavy atom. The van der Waals surface area contributed by atoms with Gasteiger partial charge >= 0.3 is 332 Å². The standard InChI is InChI=1S/C60H67O2PS2.Os/c1-8-14-27-43(11-4)39-53-57-58(54(65-53)40-44(12-5)28-15-9-2)60(62)56-52(64-51(26-10-3)55(56)59(57)61)38-37-46(41-47-30-25-29-45(47)13-6)42(7)63(48-31-19-16-20-32-48,49-33-21-17-22-34-49)50-35-23-18-24-36-50;/h10,13,16-24,26,31-38,41,43-44H,8-9,11-12,14-15,25,27-30,39-40H2,1-6H3;/q+1;/b26-10+,38-37+,45-13?,46-42?,47-41?;. The predicted octanol–water partition coefficient (Wildman–Crippen LogP) is 16.0. The molecule has 0 saturated heterocycles. The fourth-order valence-corrected chi connectivity index (χ4v) is 18.7. The van der Waals surface area contributed by atoms with Crippen LogP contribution in [0.1, 0.15) is 164 Å². The third-order valence-corrected chi connectivity index (χ3v) is 21.5. The number of ketones is 2. The summed E-state index contributed by atoms with van der Waals surface area (Å²) >= 11 is 5.16. The summed E-state index contributed by atoms with van der Waals surface area (Å²) in [7, 11) is -2.54. The van der Waals surface area contributed by atoms with E-state index in [0.29, 0.717) is 34.1 Å². The second kappa shape index (κ2) is 23.8. The van der Waals surface area contributed by atoms with Crippen LogP contribution < -0.4 is 15.9 Å². The first-order valence-electron chi connectivity index (χ1n) is 24.5. The maximum atomic E-state index is 15.6. The van der Waals surface area contributed by atoms with Crippen LogP contribution in [0.3, 0.4) is 0 Å². The monoisotopic (exact) mass is 1110 g/mol. The molecule has 3 aromatic carbocycles. The Morgan fingerprint density at radius 1 is 0.652 bits per heavy atom. The molecule has 2 atom stereocenters. The van der Waals surface area contributed by atoms with Gasteiger partial charge in [-0.25, -0.2) is 0 Å². The fraction of sp³-hybridized carbons (Fsp3) is 0.350. The van der Waals surface area contributed by atoms with Crippen LogP contribution in [0.2, 0.25) is 0 Å². The first-order valence-corrected chi connectivity index (χ1v) is 29.2. The molecule has 2 aliphatic rings. The normalized spacial score (nSPS) is 16.6. The van der Waals surface area contributed by atoms with Crippen molar-refractivity contribution >= 4 is 69.6 Å². The zero-order valence-corrected chi connectivity index (χ0v) is 45.0. The Bertz CT molecular complexity index is 2590. The molecule has 0 N–H and O–H groups in total. The Balaban J connectivity index is 1.48. The van der Waals surface area contributed by atoms with Gasteiger partial charge in [0.1, 0.15) is 0 Å². The molecule has 343 valence electrons. The summed E-state index contributed by atoms with van der Waals surface area (Å²) in [6.45, 7) is 13.2. The average molecular weight is 1110 g/mol. The van der Waals surface area contributed by atoms with Crippen molar-refractivity contribution < 1.29 is 27.5 Å². The van der Waals surface area contributed by atoms with E-state index in [9.17, 15) is 0 Å². The first kappa shape index (κ1) is 49.8. The summed E-state index contributed by atoms with van der Waals surface area (Å²) in [4.78, 5) is 35.0. The third-order valence-electron chi connectivity index (χ3n) is 13.8. The molecule has 2 aromatic heterocycles. The van der Waals surface area contributed by atoms with Gasteiger partial charge in [0.25, 0.3) is 0 Å². The van der Waals surface area contributed by atoms with E-state index in [1.54, 1.807) is 40.6 Å². The topological polar surface area (TPSA) is 34.1 Å². The number of hydrogen-bond donors (Lipinski definition) is 0. The van der Waals surface area contributed by atoms with Gasteiger partial charge in [0, 0.05) is 0 Å². The Hall–Kier alpha value is -4.05. The number of hydrogen-bond acceptors (Lipinski definition) is 4. The molecule has 2 nitrogen and oxygen atoms in total. The van der Waals surface area contributed by atoms with Crippen molar-refractivity contribution in [3.05, 3.63) is 179 Å². The number of benzene rings is 3. The molecule has 2 unspecified atom stereocenters. The minimum absolute atomic E-state index is 0.0293. The molecule has 2 aliphatic carbocycles. The summed E-state index contributed by atoms with van der Waals surface area (Å²) in [5, 5.41) is 4.96. The molecular weight excluding hydrogens is 1040 g/mol.